The molecule has 24 heavy (non-hydrogen) atoms. The summed E-state index contributed by atoms with van der Waals surface area (Å²) in [6.07, 6.45) is 9.47. The van der Waals surface area contributed by atoms with Crippen LogP contribution in [0.5, 0.6) is 0 Å². The number of nitrogens with zero attached hydrogens (tertiary/aromatic N) is 3. The van der Waals surface area contributed by atoms with Crippen molar-refractivity contribution < 1.29 is 4.79 Å². The Morgan fingerprint density at radius 3 is 2.92 bits per heavy atom. The van der Waals surface area contributed by atoms with E-state index in [-0.39, 0.29) is 5.78 Å². The predicted octanol–water partition coefficient (Wildman–Crippen LogP) is 3.06. The van der Waals surface area contributed by atoms with E-state index in [1.54, 1.807) is 11.9 Å². The van der Waals surface area contributed by atoms with Crippen molar-refractivity contribution in [1.82, 2.24) is 9.62 Å². The third-order valence-corrected chi connectivity index (χ3v) is 4.69. The van der Waals surface area contributed by atoms with Crippen molar-refractivity contribution in [2.24, 2.45) is 4.99 Å². The summed E-state index contributed by atoms with van der Waals surface area (Å²) in [6, 6.07) is 9.27. The number of nitriles is 1. The first-order valence-corrected chi connectivity index (χ1v) is 9.52. The van der Waals surface area contributed by atoms with Crippen LogP contribution in [0.4, 0.5) is 0 Å². The fourth-order valence-electron chi connectivity index (χ4n) is 2.02. The summed E-state index contributed by atoms with van der Waals surface area (Å²) in [4.78, 5) is 16.8. The van der Waals surface area contributed by atoms with Gasteiger partial charge < -0.3 is 4.31 Å². The van der Waals surface area contributed by atoms with E-state index < -0.39 is 0 Å². The van der Waals surface area contributed by atoms with E-state index >= 15 is 0 Å². The molecular weight excluding hydrogens is 340 g/mol. The minimum Gasteiger partial charge on any atom is -0.319 e. The van der Waals surface area contributed by atoms with Crippen LogP contribution in [0.1, 0.15) is 10.4 Å². The number of Topliss-reactive ketones (excluding diaryl/α,β-unsaturated/α-hetero) is 1. The molecule has 1 aromatic rings. The molecule has 0 unspecified atom stereocenters. The molecular formula is C17H18N4OS2. The molecule has 2 rings (SSSR count). The Bertz CT molecular complexity index is 692. The third kappa shape index (κ3) is 5.48. The number of hydrogen-bond donors (Lipinski definition) is 1. The maximum absolute atomic E-state index is 12.5. The molecule has 7 heteroatoms. The minimum absolute atomic E-state index is 0.0260. The summed E-state index contributed by atoms with van der Waals surface area (Å²) in [6.45, 7) is 1.36. The number of aliphatic imine (C=N–C) groups is 1. The normalized spacial score (nSPS) is 14.1. The SMILES string of the molecule is CSC(=NCCSN1C=C(C(=O)c2ccccc2)C=CC1)NC#N. The summed E-state index contributed by atoms with van der Waals surface area (Å²) < 4.78 is 2.03. The van der Waals surface area contributed by atoms with Gasteiger partial charge >= 0.3 is 0 Å². The number of carbonyl (C=O) groups excluding carboxylic acids is 1. The second-order valence-corrected chi connectivity index (χ2v) is 6.67. The van der Waals surface area contributed by atoms with Crippen LogP contribution in [0.25, 0.3) is 0 Å². The highest BCUT2D eigenvalue weighted by molar-refractivity contribution is 8.13. The molecule has 124 valence electrons. The summed E-state index contributed by atoms with van der Waals surface area (Å²) in [5.41, 5.74) is 1.37. The molecule has 0 saturated heterocycles. The lowest BCUT2D eigenvalue weighted by Gasteiger charge is -2.21. The van der Waals surface area contributed by atoms with Crippen LogP contribution in [0.3, 0.4) is 0 Å². The van der Waals surface area contributed by atoms with Crippen molar-refractivity contribution >= 4 is 34.7 Å². The molecule has 1 aliphatic rings. The third-order valence-electron chi connectivity index (χ3n) is 3.12. The summed E-state index contributed by atoms with van der Waals surface area (Å²) >= 11 is 3.02. The van der Waals surface area contributed by atoms with Gasteiger partial charge in [0.15, 0.2) is 17.1 Å². The topological polar surface area (TPSA) is 68.5 Å². The van der Waals surface area contributed by atoms with Gasteiger partial charge in [-0.2, -0.15) is 5.26 Å². The number of allylic oxidation sites excluding steroid dienone is 2. The van der Waals surface area contributed by atoms with Crippen molar-refractivity contribution in [2.75, 3.05) is 25.1 Å². The van der Waals surface area contributed by atoms with Gasteiger partial charge in [-0.05, 0) is 18.2 Å². The van der Waals surface area contributed by atoms with Gasteiger partial charge in [0.25, 0.3) is 0 Å². The zero-order valence-corrected chi connectivity index (χ0v) is 14.9. The molecule has 5 nitrogen and oxygen atoms in total. The molecule has 0 spiro atoms. The van der Waals surface area contributed by atoms with Crippen LogP contribution in [-0.4, -0.2) is 40.4 Å². The first-order valence-electron chi connectivity index (χ1n) is 7.36. The zero-order valence-electron chi connectivity index (χ0n) is 13.3. The molecule has 0 atom stereocenters. The van der Waals surface area contributed by atoms with Gasteiger partial charge in [0.05, 0.1) is 6.54 Å². The Hall–Kier alpha value is -2.17. The summed E-state index contributed by atoms with van der Waals surface area (Å²) in [5.74, 6) is 0.798. The smallest absolute Gasteiger partial charge is 0.194 e. The Kier molecular flexibility index (Phi) is 7.46. The number of hydrogen-bond acceptors (Lipinski definition) is 6. The van der Waals surface area contributed by atoms with Crippen LogP contribution in [0.2, 0.25) is 0 Å². The molecule has 0 aliphatic carbocycles. The van der Waals surface area contributed by atoms with Gasteiger partial charge in [0.1, 0.15) is 0 Å². The number of ketones is 1. The van der Waals surface area contributed by atoms with Gasteiger partial charge in [-0.25, -0.2) is 0 Å². The van der Waals surface area contributed by atoms with Gasteiger partial charge in [-0.1, -0.05) is 54.2 Å². The van der Waals surface area contributed by atoms with Gasteiger partial charge in [0.2, 0.25) is 0 Å². The molecule has 1 heterocycles. The number of amidine groups is 1. The lowest BCUT2D eigenvalue weighted by Crippen LogP contribution is -2.17. The molecule has 0 bridgehead atoms. The number of rotatable bonds is 6. The molecule has 1 aliphatic heterocycles. The fourth-order valence-corrected chi connectivity index (χ4v) is 3.18. The molecule has 0 amide bonds. The first-order chi connectivity index (χ1) is 11.7. The van der Waals surface area contributed by atoms with E-state index in [4.69, 9.17) is 5.26 Å². The van der Waals surface area contributed by atoms with Gasteiger partial charge in [-0.15, -0.1) is 0 Å². The standard InChI is InChI=1S/C17H18N4OS2/c1-23-17(20-13-18)19-9-11-24-21-10-5-8-15(12-21)16(22)14-6-3-2-4-7-14/h2-8,12H,9-11H2,1H3,(H,19,20). The maximum atomic E-state index is 12.5. The van der Waals surface area contributed by atoms with E-state index in [9.17, 15) is 4.79 Å². The zero-order chi connectivity index (χ0) is 17.2. The number of thioether (sulfide) groups is 1. The highest BCUT2D eigenvalue weighted by atomic mass is 32.2. The summed E-state index contributed by atoms with van der Waals surface area (Å²) in [7, 11) is 0. The Balaban J connectivity index is 1.89. The molecule has 0 aromatic heterocycles. The number of carbonyl (C=O) groups is 1. The molecule has 0 saturated carbocycles. The summed E-state index contributed by atoms with van der Waals surface area (Å²) in [5, 5.41) is 11.7. The van der Waals surface area contributed by atoms with Crippen LogP contribution in [-0.2, 0) is 0 Å². The van der Waals surface area contributed by atoms with Crippen LogP contribution in [0, 0.1) is 11.5 Å². The second-order valence-electron chi connectivity index (χ2n) is 4.74. The highest BCUT2D eigenvalue weighted by Gasteiger charge is 2.14. The van der Waals surface area contributed by atoms with Crippen LogP contribution >= 0.6 is 23.7 Å². The molecule has 1 aromatic carbocycles. The van der Waals surface area contributed by atoms with E-state index in [0.29, 0.717) is 22.8 Å². The fraction of sp³-hybridized carbons (Fsp3) is 0.235. The van der Waals surface area contributed by atoms with Crippen LogP contribution in [0.15, 0.2) is 59.2 Å². The average molecular weight is 358 g/mol. The molecule has 1 N–H and O–H groups in total. The number of nitrogens with one attached hydrogen (secondary N) is 1. The van der Waals surface area contributed by atoms with Crippen molar-refractivity contribution in [3.8, 4) is 6.19 Å². The van der Waals surface area contributed by atoms with Crippen molar-refractivity contribution in [3.05, 3.63) is 59.8 Å². The minimum atomic E-state index is 0.0260. The van der Waals surface area contributed by atoms with Crippen molar-refractivity contribution in [3.63, 3.8) is 0 Å². The number of benzene rings is 1. The van der Waals surface area contributed by atoms with Crippen LogP contribution < -0.4 is 5.32 Å². The highest BCUT2D eigenvalue weighted by Crippen LogP contribution is 2.19. The van der Waals surface area contributed by atoms with Crippen molar-refractivity contribution in [1.29, 1.82) is 5.26 Å². The first kappa shape index (κ1) is 18.2. The molecule has 0 fully saturated rings. The van der Waals surface area contributed by atoms with Gasteiger partial charge in [-0.3, -0.25) is 15.1 Å². The lowest BCUT2D eigenvalue weighted by atomic mass is 10.0. The maximum Gasteiger partial charge on any atom is 0.194 e. The van der Waals surface area contributed by atoms with E-state index in [1.165, 1.54) is 11.8 Å². The van der Waals surface area contributed by atoms with Gasteiger partial charge in [0, 0.05) is 29.6 Å². The largest absolute Gasteiger partial charge is 0.319 e. The average Bonchev–Trinajstić information content (AvgIpc) is 2.64. The Morgan fingerprint density at radius 2 is 2.21 bits per heavy atom. The monoisotopic (exact) mass is 358 g/mol. The molecule has 0 radical (unpaired) electrons. The van der Waals surface area contributed by atoms with E-state index in [1.807, 2.05) is 65.4 Å². The quantitative estimate of drug-likeness (QED) is 0.160. The van der Waals surface area contributed by atoms with E-state index in [0.717, 1.165) is 12.3 Å². The van der Waals surface area contributed by atoms with Crippen molar-refractivity contribution in [2.45, 2.75) is 0 Å². The predicted molar refractivity (Wildman–Crippen MR) is 102 cm³/mol. The second kappa shape index (κ2) is 9.85. The lowest BCUT2D eigenvalue weighted by molar-refractivity contribution is 0.103. The Labute approximate surface area is 150 Å². The Morgan fingerprint density at radius 1 is 1.42 bits per heavy atom. The van der Waals surface area contributed by atoms with E-state index in [2.05, 4.69) is 10.3 Å².